The van der Waals surface area contributed by atoms with Crippen LogP contribution in [0, 0.1) is 0 Å². The van der Waals surface area contributed by atoms with Crippen LogP contribution in [-0.4, -0.2) is 14.6 Å². The van der Waals surface area contributed by atoms with Crippen molar-refractivity contribution in [1.82, 2.24) is 14.6 Å². The molecule has 0 aliphatic heterocycles. The maximum atomic E-state index is 5.96. The van der Waals surface area contributed by atoms with E-state index < -0.39 is 0 Å². The van der Waals surface area contributed by atoms with Crippen molar-refractivity contribution in [2.45, 2.75) is 0 Å². The van der Waals surface area contributed by atoms with Gasteiger partial charge in [-0.25, -0.2) is 4.52 Å². The smallest absolute Gasteiger partial charge is 0.240 e. The lowest BCUT2D eigenvalue weighted by molar-refractivity contribution is 0.968. The molecule has 2 N–H and O–H groups in total. The van der Waals surface area contributed by atoms with Crippen LogP contribution in [0.3, 0.4) is 0 Å². The minimum Gasteiger partial charge on any atom is -0.366 e. The van der Waals surface area contributed by atoms with E-state index in [9.17, 15) is 0 Å². The van der Waals surface area contributed by atoms with Crippen LogP contribution in [0.5, 0.6) is 0 Å². The van der Waals surface area contributed by atoms with E-state index in [1.165, 1.54) is 0 Å². The summed E-state index contributed by atoms with van der Waals surface area (Å²) in [4.78, 5) is 4.12. The molecule has 0 saturated heterocycles. The molecule has 3 rings (SSSR count). The summed E-state index contributed by atoms with van der Waals surface area (Å²) in [5, 5.41) is 4.73. The third-order valence-corrected chi connectivity index (χ3v) is 2.75. The molecular weight excluding hydrogens is 236 g/mol. The van der Waals surface area contributed by atoms with Crippen LogP contribution in [0.25, 0.3) is 16.8 Å². The first kappa shape index (κ1) is 10.1. The number of nitrogens with zero attached hydrogens (tertiary/aromatic N) is 3. The maximum absolute atomic E-state index is 5.96. The first-order valence-electron chi connectivity index (χ1n) is 5.10. The highest BCUT2D eigenvalue weighted by Gasteiger charge is 2.03. The van der Waals surface area contributed by atoms with Gasteiger partial charge in [0.15, 0.2) is 5.65 Å². The fraction of sp³-hybridized carbons (Fsp3) is 0. The fourth-order valence-electron chi connectivity index (χ4n) is 1.75. The number of pyridine rings is 1. The highest BCUT2D eigenvalue weighted by Crippen LogP contribution is 2.23. The summed E-state index contributed by atoms with van der Waals surface area (Å²) in [6.07, 6.45) is 1.83. The molecule has 1 aromatic carbocycles. The number of hydrogen-bond donors (Lipinski definition) is 1. The lowest BCUT2D eigenvalue weighted by Gasteiger charge is -2.02. The average Bonchev–Trinajstić information content (AvgIpc) is 2.68. The largest absolute Gasteiger partial charge is 0.366 e. The van der Waals surface area contributed by atoms with Gasteiger partial charge < -0.3 is 5.73 Å². The molecule has 0 radical (unpaired) electrons. The quantitative estimate of drug-likeness (QED) is 0.716. The minimum atomic E-state index is 0.272. The van der Waals surface area contributed by atoms with Gasteiger partial charge in [-0.1, -0.05) is 23.7 Å². The first-order valence-corrected chi connectivity index (χ1v) is 5.48. The van der Waals surface area contributed by atoms with Crippen molar-refractivity contribution in [3.05, 3.63) is 47.6 Å². The molecule has 0 bridgehead atoms. The van der Waals surface area contributed by atoms with E-state index in [4.69, 9.17) is 17.3 Å². The summed E-state index contributed by atoms with van der Waals surface area (Å²) in [5.41, 5.74) is 8.34. The Balaban J connectivity index is 2.17. The SMILES string of the molecule is Nc1nc2cc(-c3cccc(Cl)c3)ccn2n1. The molecule has 17 heavy (non-hydrogen) atoms. The highest BCUT2D eigenvalue weighted by atomic mass is 35.5. The van der Waals surface area contributed by atoms with Crippen LogP contribution in [0.2, 0.25) is 5.02 Å². The molecule has 0 saturated carbocycles. The van der Waals surface area contributed by atoms with E-state index in [1.807, 2.05) is 42.6 Å². The number of halogens is 1. The Bertz CT molecular complexity index is 690. The van der Waals surface area contributed by atoms with E-state index in [2.05, 4.69) is 10.1 Å². The van der Waals surface area contributed by atoms with Gasteiger partial charge in [0, 0.05) is 11.2 Å². The maximum Gasteiger partial charge on any atom is 0.240 e. The second kappa shape index (κ2) is 3.75. The Labute approximate surface area is 103 Å². The first-order chi connectivity index (χ1) is 8.22. The molecule has 4 nitrogen and oxygen atoms in total. The van der Waals surface area contributed by atoms with Gasteiger partial charge in [-0.15, -0.1) is 5.10 Å². The van der Waals surface area contributed by atoms with Crippen molar-refractivity contribution in [1.29, 1.82) is 0 Å². The zero-order valence-corrected chi connectivity index (χ0v) is 9.59. The van der Waals surface area contributed by atoms with Gasteiger partial charge in [-0.05, 0) is 35.4 Å². The van der Waals surface area contributed by atoms with E-state index in [0.29, 0.717) is 5.02 Å². The van der Waals surface area contributed by atoms with Gasteiger partial charge in [-0.3, -0.25) is 0 Å². The molecule has 0 unspecified atom stereocenters. The molecular formula is C12H9ClN4. The van der Waals surface area contributed by atoms with Crippen molar-refractivity contribution in [2.75, 3.05) is 5.73 Å². The molecule has 5 heteroatoms. The topological polar surface area (TPSA) is 56.2 Å². The Morgan fingerprint density at radius 1 is 1.12 bits per heavy atom. The lowest BCUT2D eigenvalue weighted by atomic mass is 10.1. The van der Waals surface area contributed by atoms with Crippen LogP contribution in [0.1, 0.15) is 0 Å². The molecule has 2 heterocycles. The predicted octanol–water partition coefficient (Wildman–Crippen LogP) is 2.63. The van der Waals surface area contributed by atoms with E-state index in [0.717, 1.165) is 16.8 Å². The second-order valence-corrected chi connectivity index (χ2v) is 4.13. The monoisotopic (exact) mass is 244 g/mol. The summed E-state index contributed by atoms with van der Waals surface area (Å²) in [6, 6.07) is 11.5. The number of nitrogens with two attached hydrogens (primary N) is 1. The van der Waals surface area contributed by atoms with Gasteiger partial charge in [-0.2, -0.15) is 4.98 Å². The molecule has 3 aromatic rings. The van der Waals surface area contributed by atoms with Crippen LogP contribution < -0.4 is 5.73 Å². The minimum absolute atomic E-state index is 0.272. The molecule has 2 aromatic heterocycles. The van der Waals surface area contributed by atoms with Crippen LogP contribution in [-0.2, 0) is 0 Å². The normalized spacial score (nSPS) is 10.9. The van der Waals surface area contributed by atoms with Crippen molar-refractivity contribution >= 4 is 23.2 Å². The van der Waals surface area contributed by atoms with Gasteiger partial charge in [0.25, 0.3) is 0 Å². The molecule has 84 valence electrons. The van der Waals surface area contributed by atoms with Crippen molar-refractivity contribution in [3.8, 4) is 11.1 Å². The fourth-order valence-corrected chi connectivity index (χ4v) is 1.94. The number of aromatic nitrogens is 3. The van der Waals surface area contributed by atoms with Crippen molar-refractivity contribution in [2.24, 2.45) is 0 Å². The van der Waals surface area contributed by atoms with Gasteiger partial charge in [0.1, 0.15) is 0 Å². The zero-order valence-electron chi connectivity index (χ0n) is 8.84. The van der Waals surface area contributed by atoms with Gasteiger partial charge in [0.05, 0.1) is 0 Å². The lowest BCUT2D eigenvalue weighted by Crippen LogP contribution is -1.89. The predicted molar refractivity (Wildman–Crippen MR) is 67.8 cm³/mol. The van der Waals surface area contributed by atoms with Crippen LogP contribution in [0.4, 0.5) is 5.95 Å². The number of benzene rings is 1. The van der Waals surface area contributed by atoms with E-state index in [1.54, 1.807) is 4.52 Å². The molecule has 0 aliphatic carbocycles. The average molecular weight is 245 g/mol. The van der Waals surface area contributed by atoms with Crippen molar-refractivity contribution in [3.63, 3.8) is 0 Å². The van der Waals surface area contributed by atoms with Gasteiger partial charge >= 0.3 is 0 Å². The summed E-state index contributed by atoms with van der Waals surface area (Å²) in [6.45, 7) is 0. The number of hydrogen-bond acceptors (Lipinski definition) is 3. The highest BCUT2D eigenvalue weighted by molar-refractivity contribution is 6.30. The molecule has 0 atom stereocenters. The number of nitrogen functional groups attached to an aromatic ring is 1. The Morgan fingerprint density at radius 3 is 2.76 bits per heavy atom. The summed E-state index contributed by atoms with van der Waals surface area (Å²) >= 11 is 5.96. The van der Waals surface area contributed by atoms with E-state index in [-0.39, 0.29) is 5.95 Å². The molecule has 0 aliphatic rings. The third-order valence-electron chi connectivity index (χ3n) is 2.51. The Hall–Kier alpha value is -2.07. The summed E-state index contributed by atoms with van der Waals surface area (Å²) < 4.78 is 1.64. The van der Waals surface area contributed by atoms with Crippen molar-refractivity contribution < 1.29 is 0 Å². The summed E-state index contributed by atoms with van der Waals surface area (Å²) in [7, 11) is 0. The summed E-state index contributed by atoms with van der Waals surface area (Å²) in [5.74, 6) is 0.272. The number of fused-ring (bicyclic) bond motifs is 1. The van der Waals surface area contributed by atoms with E-state index >= 15 is 0 Å². The second-order valence-electron chi connectivity index (χ2n) is 3.70. The van der Waals surface area contributed by atoms with Crippen LogP contribution >= 0.6 is 11.6 Å². The molecule has 0 fully saturated rings. The Morgan fingerprint density at radius 2 is 1.94 bits per heavy atom. The number of anilines is 1. The molecule has 0 amide bonds. The Kier molecular flexibility index (Phi) is 2.23. The number of rotatable bonds is 1. The van der Waals surface area contributed by atoms with Gasteiger partial charge in [0.2, 0.25) is 5.95 Å². The molecule has 0 spiro atoms. The van der Waals surface area contributed by atoms with Crippen LogP contribution in [0.15, 0.2) is 42.6 Å². The third kappa shape index (κ3) is 1.83. The zero-order chi connectivity index (χ0) is 11.8. The standard InChI is InChI=1S/C12H9ClN4/c13-10-3-1-2-8(6-10)9-4-5-17-11(7-9)15-12(14)16-17/h1-7H,(H2,14,16).